The summed E-state index contributed by atoms with van der Waals surface area (Å²) in [6, 6.07) is 4.83. The van der Waals surface area contributed by atoms with Crippen LogP contribution in [0.25, 0.3) is 0 Å². The number of hydrogen-bond donors (Lipinski definition) is 1. The lowest BCUT2D eigenvalue weighted by Crippen LogP contribution is -2.14. The maximum Gasteiger partial charge on any atom is 0.00487 e. The fourth-order valence-electron chi connectivity index (χ4n) is 1.31. The average molecular weight is 197 g/mol. The van der Waals surface area contributed by atoms with Crippen LogP contribution in [0.1, 0.15) is 36.4 Å². The Labute approximate surface area is 85.0 Å². The summed E-state index contributed by atoms with van der Waals surface area (Å²) >= 11 is 1.94. The molecule has 0 aliphatic rings. The van der Waals surface area contributed by atoms with E-state index < -0.39 is 0 Å². The molecule has 0 radical (unpaired) electrons. The van der Waals surface area contributed by atoms with Crippen LogP contribution >= 0.6 is 11.3 Å². The van der Waals surface area contributed by atoms with Crippen LogP contribution in [0.4, 0.5) is 0 Å². The van der Waals surface area contributed by atoms with Crippen LogP contribution in [0.5, 0.6) is 0 Å². The van der Waals surface area contributed by atoms with Gasteiger partial charge in [0.05, 0.1) is 0 Å². The maximum absolute atomic E-state index is 5.71. The van der Waals surface area contributed by atoms with Crippen LogP contribution in [-0.4, -0.2) is 6.04 Å². The quantitative estimate of drug-likeness (QED) is 0.771. The van der Waals surface area contributed by atoms with E-state index in [0.717, 1.165) is 12.8 Å². The second kappa shape index (κ2) is 5.40. The summed E-state index contributed by atoms with van der Waals surface area (Å²) in [5, 5.41) is 0. The van der Waals surface area contributed by atoms with Crippen LogP contribution in [0.2, 0.25) is 0 Å². The molecule has 0 saturated carbocycles. The highest BCUT2D eigenvalue weighted by Gasteiger charge is 2.00. The monoisotopic (exact) mass is 197 g/mol. The lowest BCUT2D eigenvalue weighted by Gasteiger charge is -2.01. The summed E-state index contributed by atoms with van der Waals surface area (Å²) in [5.74, 6) is 0. The second-order valence-electron chi connectivity index (χ2n) is 3.63. The largest absolute Gasteiger partial charge is 0.328 e. The minimum absolute atomic E-state index is 0.330. The molecule has 1 aromatic heterocycles. The van der Waals surface area contributed by atoms with Gasteiger partial charge in [-0.25, -0.2) is 0 Å². The van der Waals surface area contributed by atoms with Gasteiger partial charge in [-0.15, -0.1) is 11.3 Å². The molecule has 1 aromatic rings. The van der Waals surface area contributed by atoms with Crippen molar-refractivity contribution in [1.82, 2.24) is 0 Å². The molecule has 0 unspecified atom stereocenters. The second-order valence-corrected chi connectivity index (χ2v) is 4.89. The van der Waals surface area contributed by atoms with Crippen LogP contribution in [-0.2, 0) is 12.8 Å². The Morgan fingerprint density at radius 1 is 1.31 bits per heavy atom. The molecule has 0 spiro atoms. The Kier molecular flexibility index (Phi) is 4.46. The normalized spacial score (nSPS) is 13.2. The molecule has 0 aliphatic carbocycles. The number of aryl methyl sites for hydroxylation is 2. The standard InChI is InChI=1S/C11H19NS/c1-3-4-10-7-8-11(13-10)6-5-9(2)12/h7-9H,3-6,12H2,1-2H3/t9-/m1/s1. The van der Waals surface area contributed by atoms with E-state index >= 15 is 0 Å². The maximum atomic E-state index is 5.71. The van der Waals surface area contributed by atoms with Crippen molar-refractivity contribution in [1.29, 1.82) is 0 Å². The van der Waals surface area contributed by atoms with Crippen LogP contribution in [0.3, 0.4) is 0 Å². The molecule has 1 atom stereocenters. The van der Waals surface area contributed by atoms with Crippen LogP contribution in [0.15, 0.2) is 12.1 Å². The lowest BCUT2D eigenvalue weighted by atomic mass is 10.2. The molecule has 1 rings (SSSR count). The predicted octanol–water partition coefficient (Wildman–Crippen LogP) is 2.98. The molecule has 1 nitrogen and oxygen atoms in total. The summed E-state index contributed by atoms with van der Waals surface area (Å²) in [4.78, 5) is 3.00. The molecule has 2 heteroatoms. The first-order chi connectivity index (χ1) is 6.22. The van der Waals surface area contributed by atoms with E-state index in [-0.39, 0.29) is 0 Å². The van der Waals surface area contributed by atoms with E-state index in [4.69, 9.17) is 5.73 Å². The van der Waals surface area contributed by atoms with E-state index in [2.05, 4.69) is 26.0 Å². The highest BCUT2D eigenvalue weighted by Crippen LogP contribution is 2.19. The summed E-state index contributed by atoms with van der Waals surface area (Å²) in [6.07, 6.45) is 4.72. The summed E-state index contributed by atoms with van der Waals surface area (Å²) in [5.41, 5.74) is 5.71. The van der Waals surface area contributed by atoms with Gasteiger partial charge in [0.25, 0.3) is 0 Å². The fraction of sp³-hybridized carbons (Fsp3) is 0.636. The van der Waals surface area contributed by atoms with E-state index in [0.29, 0.717) is 6.04 Å². The van der Waals surface area contributed by atoms with Crippen molar-refractivity contribution < 1.29 is 0 Å². The molecule has 1 heterocycles. The number of nitrogens with two attached hydrogens (primary N) is 1. The van der Waals surface area contributed by atoms with Gasteiger partial charge in [-0.3, -0.25) is 0 Å². The Bertz CT molecular complexity index is 240. The van der Waals surface area contributed by atoms with Crippen molar-refractivity contribution >= 4 is 11.3 Å². The van der Waals surface area contributed by atoms with Crippen molar-refractivity contribution in [3.63, 3.8) is 0 Å². The zero-order valence-electron chi connectivity index (χ0n) is 8.55. The predicted molar refractivity (Wildman–Crippen MR) is 60.3 cm³/mol. The molecule has 0 amide bonds. The van der Waals surface area contributed by atoms with E-state index in [1.165, 1.54) is 22.6 Å². The topological polar surface area (TPSA) is 26.0 Å². The van der Waals surface area contributed by atoms with Gasteiger partial charge in [0.15, 0.2) is 0 Å². The van der Waals surface area contributed by atoms with Crippen molar-refractivity contribution in [3.05, 3.63) is 21.9 Å². The minimum Gasteiger partial charge on any atom is -0.328 e. The third-order valence-electron chi connectivity index (χ3n) is 2.06. The number of hydrogen-bond acceptors (Lipinski definition) is 2. The smallest absolute Gasteiger partial charge is 0.00487 e. The SMILES string of the molecule is CCCc1ccc(CC[C@@H](C)N)s1. The third-order valence-corrected chi connectivity index (χ3v) is 3.26. The minimum atomic E-state index is 0.330. The zero-order chi connectivity index (χ0) is 9.68. The highest BCUT2D eigenvalue weighted by atomic mass is 32.1. The van der Waals surface area contributed by atoms with Gasteiger partial charge in [0.2, 0.25) is 0 Å². The van der Waals surface area contributed by atoms with Gasteiger partial charge < -0.3 is 5.73 Å². The zero-order valence-corrected chi connectivity index (χ0v) is 9.36. The van der Waals surface area contributed by atoms with Crippen molar-refractivity contribution in [3.8, 4) is 0 Å². The van der Waals surface area contributed by atoms with Crippen molar-refractivity contribution in [2.75, 3.05) is 0 Å². The highest BCUT2D eigenvalue weighted by molar-refractivity contribution is 7.11. The average Bonchev–Trinajstić information content (AvgIpc) is 2.50. The van der Waals surface area contributed by atoms with Crippen LogP contribution in [0, 0.1) is 0 Å². The Morgan fingerprint density at radius 2 is 1.92 bits per heavy atom. The van der Waals surface area contributed by atoms with Gasteiger partial charge in [-0.05, 0) is 38.3 Å². The van der Waals surface area contributed by atoms with E-state index in [9.17, 15) is 0 Å². The Balaban J connectivity index is 2.39. The van der Waals surface area contributed by atoms with Gasteiger partial charge in [0, 0.05) is 15.8 Å². The first-order valence-corrected chi connectivity index (χ1v) is 5.87. The molecule has 0 bridgehead atoms. The molecule has 0 aliphatic heterocycles. The van der Waals surface area contributed by atoms with Crippen molar-refractivity contribution in [2.24, 2.45) is 5.73 Å². The van der Waals surface area contributed by atoms with E-state index in [1.54, 1.807) is 0 Å². The lowest BCUT2D eigenvalue weighted by molar-refractivity contribution is 0.670. The summed E-state index contributed by atoms with van der Waals surface area (Å²) < 4.78 is 0. The fourth-order valence-corrected chi connectivity index (χ4v) is 2.44. The van der Waals surface area contributed by atoms with Gasteiger partial charge in [-0.2, -0.15) is 0 Å². The third kappa shape index (κ3) is 3.92. The van der Waals surface area contributed by atoms with Crippen LogP contribution < -0.4 is 5.73 Å². The summed E-state index contributed by atoms with van der Waals surface area (Å²) in [7, 11) is 0. The molecule has 0 aromatic carbocycles. The Morgan fingerprint density at radius 3 is 2.46 bits per heavy atom. The Hall–Kier alpha value is -0.340. The van der Waals surface area contributed by atoms with Crippen molar-refractivity contribution in [2.45, 2.75) is 45.6 Å². The number of thiophene rings is 1. The van der Waals surface area contributed by atoms with Gasteiger partial charge >= 0.3 is 0 Å². The molecule has 74 valence electrons. The van der Waals surface area contributed by atoms with Gasteiger partial charge in [0.1, 0.15) is 0 Å². The number of rotatable bonds is 5. The molecule has 0 fully saturated rings. The molecular formula is C11H19NS. The summed E-state index contributed by atoms with van der Waals surface area (Å²) in [6.45, 7) is 4.29. The van der Waals surface area contributed by atoms with Gasteiger partial charge in [-0.1, -0.05) is 13.3 Å². The van der Waals surface area contributed by atoms with E-state index in [1.807, 2.05) is 11.3 Å². The first-order valence-electron chi connectivity index (χ1n) is 5.05. The molecule has 13 heavy (non-hydrogen) atoms. The molecule has 0 saturated heterocycles. The molecule has 2 N–H and O–H groups in total. The first kappa shape index (κ1) is 10.7. The molecular weight excluding hydrogens is 178 g/mol.